The first-order valence-electron chi connectivity index (χ1n) is 8.89. The van der Waals surface area contributed by atoms with Crippen LogP contribution in [-0.4, -0.2) is 54.2 Å². The van der Waals surface area contributed by atoms with E-state index in [4.69, 9.17) is 5.11 Å². The SMILES string of the molecule is OCCCN1CCC2(CC1)CCN(Cc1ccccc1)CC2. The molecule has 2 fully saturated rings. The fraction of sp³-hybridized carbons (Fsp3) is 0.684. The fourth-order valence-corrected chi connectivity index (χ4v) is 4.07. The van der Waals surface area contributed by atoms with Crippen molar-refractivity contribution in [3.05, 3.63) is 35.9 Å². The molecule has 0 aromatic heterocycles. The van der Waals surface area contributed by atoms with Crippen molar-refractivity contribution in [1.29, 1.82) is 0 Å². The summed E-state index contributed by atoms with van der Waals surface area (Å²) in [7, 11) is 0. The van der Waals surface area contributed by atoms with Gasteiger partial charge in [-0.05, 0) is 69.3 Å². The van der Waals surface area contributed by atoms with E-state index in [0.717, 1.165) is 19.5 Å². The maximum atomic E-state index is 8.96. The molecule has 1 N–H and O–H groups in total. The van der Waals surface area contributed by atoms with Gasteiger partial charge in [-0.15, -0.1) is 0 Å². The van der Waals surface area contributed by atoms with E-state index in [0.29, 0.717) is 12.0 Å². The third-order valence-corrected chi connectivity index (χ3v) is 5.71. The first-order valence-corrected chi connectivity index (χ1v) is 8.89. The van der Waals surface area contributed by atoms with Crippen LogP contribution in [0.1, 0.15) is 37.7 Å². The lowest BCUT2D eigenvalue weighted by Crippen LogP contribution is -2.46. The second-order valence-electron chi connectivity index (χ2n) is 7.18. The minimum absolute atomic E-state index is 0.329. The van der Waals surface area contributed by atoms with Gasteiger partial charge in [-0.25, -0.2) is 0 Å². The average Bonchev–Trinajstić information content (AvgIpc) is 2.58. The van der Waals surface area contributed by atoms with Crippen LogP contribution in [0.25, 0.3) is 0 Å². The van der Waals surface area contributed by atoms with Crippen molar-refractivity contribution in [3.63, 3.8) is 0 Å². The first kappa shape index (κ1) is 16.0. The molecule has 0 radical (unpaired) electrons. The summed E-state index contributed by atoms with van der Waals surface area (Å²) in [5.74, 6) is 0. The summed E-state index contributed by atoms with van der Waals surface area (Å²) in [5.41, 5.74) is 2.06. The molecule has 1 aromatic rings. The number of likely N-dealkylation sites (tertiary alicyclic amines) is 2. The van der Waals surface area contributed by atoms with Crippen molar-refractivity contribution in [1.82, 2.24) is 9.80 Å². The van der Waals surface area contributed by atoms with Gasteiger partial charge < -0.3 is 10.0 Å². The molecule has 2 aliphatic heterocycles. The first-order chi connectivity index (χ1) is 10.8. The molecule has 2 saturated heterocycles. The predicted molar refractivity (Wildman–Crippen MR) is 90.8 cm³/mol. The van der Waals surface area contributed by atoms with E-state index < -0.39 is 0 Å². The lowest BCUT2D eigenvalue weighted by Gasteiger charge is -2.47. The Morgan fingerprint density at radius 2 is 1.45 bits per heavy atom. The Morgan fingerprint density at radius 1 is 0.864 bits per heavy atom. The van der Waals surface area contributed by atoms with Crippen LogP contribution in [0.15, 0.2) is 30.3 Å². The van der Waals surface area contributed by atoms with Crippen LogP contribution < -0.4 is 0 Å². The summed E-state index contributed by atoms with van der Waals surface area (Å²) in [6.07, 6.45) is 6.38. The number of nitrogens with zero attached hydrogens (tertiary/aromatic N) is 2. The molecule has 1 spiro atoms. The van der Waals surface area contributed by atoms with Crippen molar-refractivity contribution in [3.8, 4) is 0 Å². The Kier molecular flexibility index (Phi) is 5.51. The summed E-state index contributed by atoms with van der Waals surface area (Å²) >= 11 is 0. The molecule has 0 amide bonds. The highest BCUT2D eigenvalue weighted by atomic mass is 16.3. The maximum absolute atomic E-state index is 8.96. The number of hydrogen-bond donors (Lipinski definition) is 1. The molecule has 0 atom stereocenters. The van der Waals surface area contributed by atoms with Crippen LogP contribution in [0, 0.1) is 5.41 Å². The Hall–Kier alpha value is -0.900. The van der Waals surface area contributed by atoms with Crippen LogP contribution in [0.5, 0.6) is 0 Å². The molecule has 0 saturated carbocycles. The number of aliphatic hydroxyl groups excluding tert-OH is 1. The molecule has 3 nitrogen and oxygen atoms in total. The molecule has 3 rings (SSSR count). The van der Waals surface area contributed by atoms with Gasteiger partial charge in [-0.3, -0.25) is 4.90 Å². The molecule has 3 heteroatoms. The predicted octanol–water partition coefficient (Wildman–Crippen LogP) is 2.75. The van der Waals surface area contributed by atoms with Crippen molar-refractivity contribution in [2.45, 2.75) is 38.6 Å². The van der Waals surface area contributed by atoms with E-state index in [9.17, 15) is 0 Å². The highest BCUT2D eigenvalue weighted by Crippen LogP contribution is 2.41. The van der Waals surface area contributed by atoms with Crippen LogP contribution >= 0.6 is 0 Å². The number of aliphatic hydroxyl groups is 1. The average molecular weight is 302 g/mol. The van der Waals surface area contributed by atoms with Gasteiger partial charge in [0.1, 0.15) is 0 Å². The second kappa shape index (κ2) is 7.58. The molecular formula is C19H30N2O. The second-order valence-corrected chi connectivity index (χ2v) is 7.18. The van der Waals surface area contributed by atoms with Gasteiger partial charge in [0, 0.05) is 19.7 Å². The topological polar surface area (TPSA) is 26.7 Å². The van der Waals surface area contributed by atoms with Crippen molar-refractivity contribution in [2.75, 3.05) is 39.3 Å². The van der Waals surface area contributed by atoms with Crippen LogP contribution in [0.4, 0.5) is 0 Å². The molecule has 0 unspecified atom stereocenters. The summed E-state index contributed by atoms with van der Waals surface area (Å²) in [5, 5.41) is 8.96. The van der Waals surface area contributed by atoms with E-state index in [1.165, 1.54) is 57.4 Å². The standard InChI is InChI=1S/C19H30N2O/c22-16-4-11-20-12-7-19(8-13-20)9-14-21(15-10-19)17-18-5-2-1-3-6-18/h1-3,5-6,22H,4,7-17H2. The highest BCUT2D eigenvalue weighted by molar-refractivity contribution is 5.14. The zero-order valence-electron chi connectivity index (χ0n) is 13.7. The van der Waals surface area contributed by atoms with Crippen molar-refractivity contribution >= 4 is 0 Å². The summed E-state index contributed by atoms with van der Waals surface area (Å²) in [6.45, 7) is 7.50. The van der Waals surface area contributed by atoms with Gasteiger partial charge in [0.2, 0.25) is 0 Å². The molecule has 0 bridgehead atoms. The van der Waals surface area contributed by atoms with E-state index in [1.54, 1.807) is 0 Å². The van der Waals surface area contributed by atoms with E-state index >= 15 is 0 Å². The third-order valence-electron chi connectivity index (χ3n) is 5.71. The number of rotatable bonds is 5. The minimum atomic E-state index is 0.329. The zero-order valence-corrected chi connectivity index (χ0v) is 13.7. The highest BCUT2D eigenvalue weighted by Gasteiger charge is 2.37. The van der Waals surface area contributed by atoms with E-state index in [-0.39, 0.29) is 0 Å². The van der Waals surface area contributed by atoms with E-state index in [1.807, 2.05) is 0 Å². The molecule has 2 heterocycles. The molecule has 1 aromatic carbocycles. The van der Waals surface area contributed by atoms with Crippen LogP contribution in [0.2, 0.25) is 0 Å². The Labute approximate surface area is 134 Å². The quantitative estimate of drug-likeness (QED) is 0.906. The van der Waals surface area contributed by atoms with E-state index in [2.05, 4.69) is 40.1 Å². The third kappa shape index (κ3) is 4.09. The lowest BCUT2D eigenvalue weighted by atomic mass is 9.71. The number of piperidine rings is 2. The van der Waals surface area contributed by atoms with Crippen molar-refractivity contribution < 1.29 is 5.11 Å². The van der Waals surface area contributed by atoms with Gasteiger partial charge >= 0.3 is 0 Å². The molecule has 0 aliphatic carbocycles. The Morgan fingerprint density at radius 3 is 2.05 bits per heavy atom. The van der Waals surface area contributed by atoms with Gasteiger partial charge in [0.15, 0.2) is 0 Å². The Balaban J connectivity index is 1.44. The van der Waals surface area contributed by atoms with Crippen LogP contribution in [0.3, 0.4) is 0 Å². The molecule has 2 aliphatic rings. The normalized spacial score (nSPS) is 23.0. The van der Waals surface area contributed by atoms with Crippen LogP contribution in [-0.2, 0) is 6.54 Å². The number of hydrogen-bond acceptors (Lipinski definition) is 3. The minimum Gasteiger partial charge on any atom is -0.396 e. The fourth-order valence-electron chi connectivity index (χ4n) is 4.07. The van der Waals surface area contributed by atoms with Gasteiger partial charge in [0.05, 0.1) is 0 Å². The smallest absolute Gasteiger partial charge is 0.0443 e. The monoisotopic (exact) mass is 302 g/mol. The molecule has 122 valence electrons. The summed E-state index contributed by atoms with van der Waals surface area (Å²) in [4.78, 5) is 5.16. The lowest BCUT2D eigenvalue weighted by molar-refractivity contribution is 0.0308. The molecule has 22 heavy (non-hydrogen) atoms. The summed E-state index contributed by atoms with van der Waals surface area (Å²) in [6, 6.07) is 10.9. The van der Waals surface area contributed by atoms with Gasteiger partial charge in [0.25, 0.3) is 0 Å². The maximum Gasteiger partial charge on any atom is 0.0443 e. The zero-order chi connectivity index (χ0) is 15.3. The van der Waals surface area contributed by atoms with Crippen molar-refractivity contribution in [2.24, 2.45) is 5.41 Å². The van der Waals surface area contributed by atoms with Gasteiger partial charge in [-0.2, -0.15) is 0 Å². The van der Waals surface area contributed by atoms with Gasteiger partial charge in [-0.1, -0.05) is 30.3 Å². The molecular weight excluding hydrogens is 272 g/mol. The summed E-state index contributed by atoms with van der Waals surface area (Å²) < 4.78 is 0. The largest absolute Gasteiger partial charge is 0.396 e. The number of benzene rings is 1. The Bertz CT molecular complexity index is 430.